The fourth-order valence-electron chi connectivity index (χ4n) is 2.87. The summed E-state index contributed by atoms with van der Waals surface area (Å²) in [5, 5.41) is 3.40. The van der Waals surface area contributed by atoms with E-state index in [4.69, 9.17) is 5.73 Å². The van der Waals surface area contributed by atoms with E-state index in [1.54, 1.807) is 0 Å². The van der Waals surface area contributed by atoms with Crippen LogP contribution in [-0.4, -0.2) is 37.0 Å². The van der Waals surface area contributed by atoms with E-state index in [0.29, 0.717) is 13.1 Å². The minimum Gasteiger partial charge on any atom is -0.342 e. The molecule has 116 valence electrons. The molecule has 3 N–H and O–H groups in total. The highest BCUT2D eigenvalue weighted by Crippen LogP contribution is 2.14. The number of nitrogens with two attached hydrogens (primary N) is 1. The predicted octanol–water partition coefficient (Wildman–Crippen LogP) is 1.75. The first kappa shape index (κ1) is 16.0. The summed E-state index contributed by atoms with van der Waals surface area (Å²) in [6.07, 6.45) is 4.28. The lowest BCUT2D eigenvalue weighted by molar-refractivity contribution is -0.136. The van der Waals surface area contributed by atoms with Crippen molar-refractivity contribution in [2.45, 2.75) is 32.2 Å². The molecule has 1 atom stereocenters. The van der Waals surface area contributed by atoms with Gasteiger partial charge in [-0.2, -0.15) is 0 Å². The summed E-state index contributed by atoms with van der Waals surface area (Å²) in [7, 11) is 0. The molecule has 0 radical (unpaired) electrons. The van der Waals surface area contributed by atoms with E-state index in [9.17, 15) is 4.79 Å². The Bertz CT molecular complexity index is 415. The average molecular weight is 289 g/mol. The standard InChI is InChI=1S/C17H27N3O/c18-10-9-16(17(21)20-11-5-2-6-12-20)14-19-13-15-7-3-1-4-8-15/h1,3-4,7-8,16,19H,2,5-6,9-14,18H2/t16-/m0/s1. The Kier molecular flexibility index (Phi) is 6.70. The summed E-state index contributed by atoms with van der Waals surface area (Å²) >= 11 is 0. The van der Waals surface area contributed by atoms with Crippen molar-refractivity contribution in [1.29, 1.82) is 0 Å². The fraction of sp³-hybridized carbons (Fsp3) is 0.588. The Balaban J connectivity index is 1.81. The fourth-order valence-corrected chi connectivity index (χ4v) is 2.87. The van der Waals surface area contributed by atoms with E-state index in [0.717, 1.165) is 38.9 Å². The van der Waals surface area contributed by atoms with E-state index in [-0.39, 0.29) is 11.8 Å². The zero-order chi connectivity index (χ0) is 14.9. The molecule has 0 bridgehead atoms. The number of piperidine rings is 1. The highest BCUT2D eigenvalue weighted by molar-refractivity contribution is 5.79. The normalized spacial score (nSPS) is 16.7. The van der Waals surface area contributed by atoms with E-state index in [1.165, 1.54) is 12.0 Å². The van der Waals surface area contributed by atoms with Crippen LogP contribution in [0.4, 0.5) is 0 Å². The van der Waals surface area contributed by atoms with Crippen molar-refractivity contribution in [1.82, 2.24) is 10.2 Å². The first-order chi connectivity index (χ1) is 10.3. The number of likely N-dealkylation sites (tertiary alicyclic amines) is 1. The van der Waals surface area contributed by atoms with Crippen molar-refractivity contribution in [3.8, 4) is 0 Å². The molecule has 1 amide bonds. The predicted molar refractivity (Wildman–Crippen MR) is 85.7 cm³/mol. The summed E-state index contributed by atoms with van der Waals surface area (Å²) in [4.78, 5) is 14.6. The summed E-state index contributed by atoms with van der Waals surface area (Å²) in [6.45, 7) is 3.91. The first-order valence-corrected chi connectivity index (χ1v) is 8.04. The van der Waals surface area contributed by atoms with Crippen LogP contribution in [0, 0.1) is 5.92 Å². The average Bonchev–Trinajstić information content (AvgIpc) is 2.55. The molecule has 1 heterocycles. The molecule has 4 heteroatoms. The van der Waals surface area contributed by atoms with E-state index in [1.807, 2.05) is 23.1 Å². The maximum Gasteiger partial charge on any atom is 0.227 e. The van der Waals surface area contributed by atoms with Crippen LogP contribution < -0.4 is 11.1 Å². The van der Waals surface area contributed by atoms with E-state index in [2.05, 4.69) is 17.4 Å². The van der Waals surface area contributed by atoms with Crippen LogP contribution in [0.2, 0.25) is 0 Å². The maximum atomic E-state index is 12.6. The second-order valence-corrected chi connectivity index (χ2v) is 5.78. The van der Waals surface area contributed by atoms with Crippen molar-refractivity contribution >= 4 is 5.91 Å². The number of amides is 1. The Morgan fingerprint density at radius 2 is 1.90 bits per heavy atom. The minimum absolute atomic E-state index is 0.0109. The van der Waals surface area contributed by atoms with Gasteiger partial charge in [-0.15, -0.1) is 0 Å². The zero-order valence-corrected chi connectivity index (χ0v) is 12.8. The second kappa shape index (κ2) is 8.80. The smallest absolute Gasteiger partial charge is 0.227 e. The molecule has 2 rings (SSSR count). The van der Waals surface area contributed by atoms with Crippen molar-refractivity contribution in [3.05, 3.63) is 35.9 Å². The Morgan fingerprint density at radius 1 is 1.19 bits per heavy atom. The Hall–Kier alpha value is -1.39. The molecule has 0 aliphatic carbocycles. The first-order valence-electron chi connectivity index (χ1n) is 8.04. The summed E-state index contributed by atoms with van der Waals surface area (Å²) in [6, 6.07) is 10.3. The van der Waals surface area contributed by atoms with Gasteiger partial charge in [-0.05, 0) is 37.8 Å². The molecule has 0 unspecified atom stereocenters. The number of hydrogen-bond donors (Lipinski definition) is 2. The van der Waals surface area contributed by atoms with Gasteiger partial charge in [0.1, 0.15) is 0 Å². The zero-order valence-electron chi connectivity index (χ0n) is 12.8. The molecule has 1 saturated heterocycles. The largest absolute Gasteiger partial charge is 0.342 e. The van der Waals surface area contributed by atoms with Gasteiger partial charge in [0.25, 0.3) is 0 Å². The SMILES string of the molecule is NCC[C@@H](CNCc1ccccc1)C(=O)N1CCCCC1. The molecule has 1 aromatic rings. The number of hydrogen-bond acceptors (Lipinski definition) is 3. The lowest BCUT2D eigenvalue weighted by Crippen LogP contribution is -2.43. The van der Waals surface area contributed by atoms with Crippen LogP contribution in [0.15, 0.2) is 30.3 Å². The van der Waals surface area contributed by atoms with Crippen LogP contribution in [0.25, 0.3) is 0 Å². The molecule has 0 spiro atoms. The second-order valence-electron chi connectivity index (χ2n) is 5.78. The summed E-state index contributed by atoms with van der Waals surface area (Å²) in [5.41, 5.74) is 6.93. The van der Waals surface area contributed by atoms with Gasteiger partial charge in [0, 0.05) is 26.2 Å². The Labute approximate surface area is 127 Å². The van der Waals surface area contributed by atoms with Gasteiger partial charge in [-0.25, -0.2) is 0 Å². The minimum atomic E-state index is 0.0109. The van der Waals surface area contributed by atoms with Crippen LogP contribution in [-0.2, 0) is 11.3 Å². The van der Waals surface area contributed by atoms with E-state index >= 15 is 0 Å². The molecular formula is C17H27N3O. The molecule has 1 aromatic carbocycles. The molecule has 1 aliphatic rings. The lowest BCUT2D eigenvalue weighted by Gasteiger charge is -2.30. The van der Waals surface area contributed by atoms with Gasteiger partial charge >= 0.3 is 0 Å². The van der Waals surface area contributed by atoms with Gasteiger partial charge in [0.05, 0.1) is 5.92 Å². The number of nitrogens with one attached hydrogen (secondary N) is 1. The molecule has 1 aliphatic heterocycles. The maximum absolute atomic E-state index is 12.6. The molecule has 21 heavy (non-hydrogen) atoms. The highest BCUT2D eigenvalue weighted by atomic mass is 16.2. The lowest BCUT2D eigenvalue weighted by atomic mass is 10.0. The van der Waals surface area contributed by atoms with Gasteiger partial charge in [0.2, 0.25) is 5.91 Å². The van der Waals surface area contributed by atoms with Crippen LogP contribution >= 0.6 is 0 Å². The van der Waals surface area contributed by atoms with Crippen molar-refractivity contribution < 1.29 is 4.79 Å². The van der Waals surface area contributed by atoms with Crippen LogP contribution in [0.5, 0.6) is 0 Å². The topological polar surface area (TPSA) is 58.4 Å². The van der Waals surface area contributed by atoms with Gasteiger partial charge < -0.3 is 16.0 Å². The van der Waals surface area contributed by atoms with Crippen molar-refractivity contribution in [2.24, 2.45) is 11.7 Å². The summed E-state index contributed by atoms with van der Waals surface area (Å²) < 4.78 is 0. The van der Waals surface area contributed by atoms with Gasteiger partial charge in [0.15, 0.2) is 0 Å². The molecule has 4 nitrogen and oxygen atoms in total. The molecule has 0 aromatic heterocycles. The number of carbonyl (C=O) groups is 1. The molecule has 0 saturated carbocycles. The number of carbonyl (C=O) groups excluding carboxylic acids is 1. The third kappa shape index (κ3) is 5.14. The molecule has 1 fully saturated rings. The third-order valence-corrected chi connectivity index (χ3v) is 4.09. The van der Waals surface area contributed by atoms with Gasteiger partial charge in [-0.1, -0.05) is 30.3 Å². The van der Waals surface area contributed by atoms with E-state index < -0.39 is 0 Å². The molecular weight excluding hydrogens is 262 g/mol. The highest BCUT2D eigenvalue weighted by Gasteiger charge is 2.24. The van der Waals surface area contributed by atoms with Crippen LogP contribution in [0.3, 0.4) is 0 Å². The third-order valence-electron chi connectivity index (χ3n) is 4.09. The Morgan fingerprint density at radius 3 is 2.57 bits per heavy atom. The number of nitrogens with zero attached hydrogens (tertiary/aromatic N) is 1. The number of benzene rings is 1. The summed E-state index contributed by atoms with van der Waals surface area (Å²) in [5.74, 6) is 0.289. The van der Waals surface area contributed by atoms with Crippen molar-refractivity contribution in [3.63, 3.8) is 0 Å². The quantitative estimate of drug-likeness (QED) is 0.804. The van der Waals surface area contributed by atoms with Crippen LogP contribution in [0.1, 0.15) is 31.2 Å². The van der Waals surface area contributed by atoms with Gasteiger partial charge in [-0.3, -0.25) is 4.79 Å². The van der Waals surface area contributed by atoms with Crippen molar-refractivity contribution in [2.75, 3.05) is 26.2 Å². The number of rotatable bonds is 7. The monoisotopic (exact) mass is 289 g/mol.